The number of para-hydroxylation sites is 1. The minimum Gasteiger partial charge on any atom is -0.488 e. The van der Waals surface area contributed by atoms with Crippen molar-refractivity contribution >= 4 is 11.8 Å². The highest BCUT2D eigenvalue weighted by Gasteiger charge is 2.19. The Balaban J connectivity index is 2.24. The van der Waals surface area contributed by atoms with Crippen molar-refractivity contribution in [1.82, 2.24) is 5.32 Å². The van der Waals surface area contributed by atoms with Gasteiger partial charge in [-0.05, 0) is 25.3 Å². The fourth-order valence-electron chi connectivity index (χ4n) is 1.68. The zero-order valence-electron chi connectivity index (χ0n) is 11.8. The Morgan fingerprint density at radius 3 is 2.80 bits per heavy atom. The SMILES string of the molecule is CSCC(C)(O)CNCC(O)COc1ccccc1F. The largest absolute Gasteiger partial charge is 0.488 e. The van der Waals surface area contributed by atoms with E-state index >= 15 is 0 Å². The molecule has 3 N–H and O–H groups in total. The summed E-state index contributed by atoms with van der Waals surface area (Å²) in [5.74, 6) is 0.290. The second-order valence-corrected chi connectivity index (χ2v) is 5.82. The summed E-state index contributed by atoms with van der Waals surface area (Å²) in [6, 6.07) is 6.06. The van der Waals surface area contributed by atoms with Gasteiger partial charge in [-0.1, -0.05) is 12.1 Å². The summed E-state index contributed by atoms with van der Waals surface area (Å²) >= 11 is 1.56. The van der Waals surface area contributed by atoms with Crippen molar-refractivity contribution < 1.29 is 19.3 Å². The van der Waals surface area contributed by atoms with Gasteiger partial charge in [-0.25, -0.2) is 4.39 Å². The molecule has 20 heavy (non-hydrogen) atoms. The molecule has 0 aliphatic heterocycles. The van der Waals surface area contributed by atoms with E-state index in [0.29, 0.717) is 12.3 Å². The average Bonchev–Trinajstić information content (AvgIpc) is 2.37. The van der Waals surface area contributed by atoms with E-state index in [1.54, 1.807) is 30.8 Å². The second kappa shape index (κ2) is 8.46. The second-order valence-electron chi connectivity index (χ2n) is 4.96. The van der Waals surface area contributed by atoms with Crippen LogP contribution in [0.1, 0.15) is 6.92 Å². The Hall–Kier alpha value is -0.820. The molecule has 0 bridgehead atoms. The molecule has 1 aromatic rings. The molecule has 2 atom stereocenters. The highest BCUT2D eigenvalue weighted by Crippen LogP contribution is 2.15. The van der Waals surface area contributed by atoms with Crippen LogP contribution in [-0.2, 0) is 0 Å². The van der Waals surface area contributed by atoms with E-state index in [0.717, 1.165) is 0 Å². The molecule has 4 nitrogen and oxygen atoms in total. The van der Waals surface area contributed by atoms with Crippen molar-refractivity contribution in [3.63, 3.8) is 0 Å². The van der Waals surface area contributed by atoms with E-state index in [-0.39, 0.29) is 18.9 Å². The predicted molar refractivity (Wildman–Crippen MR) is 79.8 cm³/mol. The molecule has 0 aromatic heterocycles. The van der Waals surface area contributed by atoms with Gasteiger partial charge >= 0.3 is 0 Å². The molecular formula is C14H22FNO3S. The summed E-state index contributed by atoms with van der Waals surface area (Å²) in [6.45, 7) is 2.39. The highest BCUT2D eigenvalue weighted by atomic mass is 32.2. The molecule has 1 rings (SSSR count). The standard InChI is InChI=1S/C14H22FNO3S/c1-14(18,10-20-2)9-16-7-11(17)8-19-13-6-4-3-5-12(13)15/h3-6,11,16-18H,7-10H2,1-2H3. The topological polar surface area (TPSA) is 61.7 Å². The van der Waals surface area contributed by atoms with Crippen LogP contribution in [0.2, 0.25) is 0 Å². The molecular weight excluding hydrogens is 281 g/mol. The minimum absolute atomic E-state index is 0.00138. The van der Waals surface area contributed by atoms with Crippen molar-refractivity contribution in [2.75, 3.05) is 31.7 Å². The number of nitrogens with one attached hydrogen (secondary N) is 1. The molecule has 0 heterocycles. The smallest absolute Gasteiger partial charge is 0.165 e. The molecule has 0 fully saturated rings. The highest BCUT2D eigenvalue weighted by molar-refractivity contribution is 7.98. The first-order chi connectivity index (χ1) is 9.44. The van der Waals surface area contributed by atoms with Gasteiger partial charge in [-0.15, -0.1) is 0 Å². The third kappa shape index (κ3) is 6.56. The number of benzene rings is 1. The van der Waals surface area contributed by atoms with Crippen LogP contribution in [0.25, 0.3) is 0 Å². The molecule has 6 heteroatoms. The molecule has 0 radical (unpaired) electrons. The maximum atomic E-state index is 13.3. The number of rotatable bonds is 9. The Kier molecular flexibility index (Phi) is 7.29. The van der Waals surface area contributed by atoms with Gasteiger partial charge in [0.15, 0.2) is 11.6 Å². The molecule has 0 saturated heterocycles. The number of hydrogen-bond donors (Lipinski definition) is 3. The first-order valence-corrected chi connectivity index (χ1v) is 7.81. The number of thioether (sulfide) groups is 1. The summed E-state index contributed by atoms with van der Waals surface area (Å²) in [6.07, 6.45) is 1.16. The predicted octanol–water partition coefficient (Wildman–Crippen LogP) is 1.27. The Morgan fingerprint density at radius 1 is 1.45 bits per heavy atom. The zero-order valence-corrected chi connectivity index (χ0v) is 12.6. The van der Waals surface area contributed by atoms with E-state index in [4.69, 9.17) is 4.74 Å². The maximum Gasteiger partial charge on any atom is 0.165 e. The molecule has 2 unspecified atom stereocenters. The monoisotopic (exact) mass is 303 g/mol. The van der Waals surface area contributed by atoms with Crippen LogP contribution in [0.3, 0.4) is 0 Å². The fraction of sp³-hybridized carbons (Fsp3) is 0.571. The third-order valence-electron chi connectivity index (χ3n) is 2.61. The van der Waals surface area contributed by atoms with Gasteiger partial charge in [0.05, 0.1) is 5.60 Å². The molecule has 0 aliphatic carbocycles. The summed E-state index contributed by atoms with van der Waals surface area (Å²) < 4.78 is 18.5. The van der Waals surface area contributed by atoms with Crippen molar-refractivity contribution in [2.45, 2.75) is 18.6 Å². The molecule has 0 spiro atoms. The van der Waals surface area contributed by atoms with Crippen LogP contribution in [0.15, 0.2) is 24.3 Å². The van der Waals surface area contributed by atoms with E-state index in [9.17, 15) is 14.6 Å². The van der Waals surface area contributed by atoms with E-state index in [1.165, 1.54) is 12.1 Å². The molecule has 0 amide bonds. The summed E-state index contributed by atoms with van der Waals surface area (Å²) in [7, 11) is 0. The van der Waals surface area contributed by atoms with Crippen LogP contribution in [0, 0.1) is 5.82 Å². The van der Waals surface area contributed by atoms with Gasteiger partial charge in [-0.2, -0.15) is 11.8 Å². The van der Waals surface area contributed by atoms with Crippen LogP contribution in [0.5, 0.6) is 5.75 Å². The van der Waals surface area contributed by atoms with Gasteiger partial charge in [0.25, 0.3) is 0 Å². The number of hydrogen-bond acceptors (Lipinski definition) is 5. The van der Waals surface area contributed by atoms with Crippen LogP contribution < -0.4 is 10.1 Å². The Morgan fingerprint density at radius 2 is 2.15 bits per heavy atom. The van der Waals surface area contributed by atoms with Crippen LogP contribution in [-0.4, -0.2) is 53.6 Å². The summed E-state index contributed by atoms with van der Waals surface area (Å²) in [5.41, 5.74) is -0.814. The molecule has 114 valence electrons. The fourth-order valence-corrected chi connectivity index (χ4v) is 2.40. The quantitative estimate of drug-likeness (QED) is 0.641. The van der Waals surface area contributed by atoms with E-state index in [2.05, 4.69) is 5.32 Å². The van der Waals surface area contributed by atoms with E-state index in [1.807, 2.05) is 6.26 Å². The van der Waals surface area contributed by atoms with Crippen molar-refractivity contribution in [1.29, 1.82) is 0 Å². The summed E-state index contributed by atoms with van der Waals surface area (Å²) in [4.78, 5) is 0. The van der Waals surface area contributed by atoms with Crippen molar-refractivity contribution in [3.8, 4) is 5.75 Å². The lowest BCUT2D eigenvalue weighted by atomic mass is 10.1. The number of aliphatic hydroxyl groups excluding tert-OH is 1. The van der Waals surface area contributed by atoms with Gasteiger partial charge in [0.2, 0.25) is 0 Å². The number of halogens is 1. The molecule has 0 aliphatic rings. The molecule has 1 aromatic carbocycles. The number of ether oxygens (including phenoxy) is 1. The van der Waals surface area contributed by atoms with Gasteiger partial charge in [0.1, 0.15) is 12.7 Å². The van der Waals surface area contributed by atoms with Gasteiger partial charge < -0.3 is 20.3 Å². The normalized spacial score (nSPS) is 15.7. The van der Waals surface area contributed by atoms with Gasteiger partial charge in [0, 0.05) is 18.8 Å². The van der Waals surface area contributed by atoms with Crippen molar-refractivity contribution in [2.24, 2.45) is 0 Å². The lowest BCUT2D eigenvalue weighted by Gasteiger charge is -2.23. The lowest BCUT2D eigenvalue weighted by Crippen LogP contribution is -2.43. The van der Waals surface area contributed by atoms with E-state index < -0.39 is 17.5 Å². The van der Waals surface area contributed by atoms with Crippen LogP contribution in [0.4, 0.5) is 4.39 Å². The first kappa shape index (κ1) is 17.2. The first-order valence-electron chi connectivity index (χ1n) is 6.42. The Labute approximate surface area is 123 Å². The maximum absolute atomic E-state index is 13.3. The third-order valence-corrected chi connectivity index (χ3v) is 3.52. The van der Waals surface area contributed by atoms with Gasteiger partial charge in [-0.3, -0.25) is 0 Å². The number of aliphatic hydroxyl groups is 2. The van der Waals surface area contributed by atoms with Crippen LogP contribution >= 0.6 is 11.8 Å². The van der Waals surface area contributed by atoms with Crippen molar-refractivity contribution in [3.05, 3.63) is 30.1 Å². The minimum atomic E-state index is -0.814. The average molecular weight is 303 g/mol. The lowest BCUT2D eigenvalue weighted by molar-refractivity contribution is 0.0696. The Bertz CT molecular complexity index is 404. The summed E-state index contributed by atoms with van der Waals surface area (Å²) in [5, 5.41) is 22.6. The molecule has 0 saturated carbocycles. The zero-order chi connectivity index (χ0) is 15.0.